The third-order valence-corrected chi connectivity index (χ3v) is 4.97. The Bertz CT molecular complexity index is 952. The van der Waals surface area contributed by atoms with Gasteiger partial charge in [0.15, 0.2) is 0 Å². The lowest BCUT2D eigenvalue weighted by molar-refractivity contribution is 0.0560. The summed E-state index contributed by atoms with van der Waals surface area (Å²) in [7, 11) is 0. The van der Waals surface area contributed by atoms with Gasteiger partial charge in [-0.2, -0.15) is 4.98 Å². The lowest BCUT2D eigenvalue weighted by atomic mass is 9.99. The Morgan fingerprint density at radius 3 is 2.70 bits per heavy atom. The number of aromatic nitrogens is 2. The molecule has 3 aromatic rings. The minimum atomic E-state index is -0.315. The van der Waals surface area contributed by atoms with Gasteiger partial charge < -0.3 is 9.42 Å². The molecule has 1 fully saturated rings. The van der Waals surface area contributed by atoms with Crippen molar-refractivity contribution < 1.29 is 13.7 Å². The summed E-state index contributed by atoms with van der Waals surface area (Å²) in [6.07, 6.45) is 2.73. The molecule has 1 aliphatic heterocycles. The first-order valence-electron chi connectivity index (χ1n) is 9.09. The molecule has 6 heteroatoms. The summed E-state index contributed by atoms with van der Waals surface area (Å²) >= 11 is 0. The number of rotatable bonds is 3. The lowest BCUT2D eigenvalue weighted by Crippen LogP contribution is -2.39. The number of aryl methyl sites for hydroxylation is 1. The molecular formula is C21H20FN3O2. The molecule has 1 unspecified atom stereocenters. The van der Waals surface area contributed by atoms with Crippen LogP contribution in [-0.2, 0) is 0 Å². The van der Waals surface area contributed by atoms with E-state index in [9.17, 15) is 9.18 Å². The first-order valence-corrected chi connectivity index (χ1v) is 9.09. The van der Waals surface area contributed by atoms with E-state index in [4.69, 9.17) is 4.52 Å². The second-order valence-electron chi connectivity index (χ2n) is 6.79. The second-order valence-corrected chi connectivity index (χ2v) is 6.79. The van der Waals surface area contributed by atoms with Crippen molar-refractivity contribution in [3.05, 3.63) is 71.4 Å². The molecule has 0 N–H and O–H groups in total. The number of likely N-dealkylation sites (tertiary alicyclic amines) is 1. The van der Waals surface area contributed by atoms with Crippen LogP contribution < -0.4 is 0 Å². The molecular weight excluding hydrogens is 345 g/mol. The van der Waals surface area contributed by atoms with Crippen LogP contribution in [0, 0.1) is 12.7 Å². The normalized spacial score (nSPS) is 17.1. The monoisotopic (exact) mass is 365 g/mol. The van der Waals surface area contributed by atoms with Crippen LogP contribution in [0.5, 0.6) is 0 Å². The zero-order valence-corrected chi connectivity index (χ0v) is 15.1. The highest BCUT2D eigenvalue weighted by Crippen LogP contribution is 2.32. The number of hydrogen-bond donors (Lipinski definition) is 0. The number of carbonyl (C=O) groups is 1. The molecule has 138 valence electrons. The van der Waals surface area contributed by atoms with Gasteiger partial charge in [0, 0.05) is 17.7 Å². The minimum Gasteiger partial charge on any atom is -0.337 e. The van der Waals surface area contributed by atoms with E-state index in [0.29, 0.717) is 29.4 Å². The molecule has 2 aromatic carbocycles. The van der Waals surface area contributed by atoms with Crippen molar-refractivity contribution in [2.24, 2.45) is 0 Å². The summed E-state index contributed by atoms with van der Waals surface area (Å²) in [6, 6.07) is 13.3. The Morgan fingerprint density at radius 2 is 1.93 bits per heavy atom. The number of amides is 1. The third kappa shape index (κ3) is 3.47. The van der Waals surface area contributed by atoms with Crippen molar-refractivity contribution in [1.82, 2.24) is 15.0 Å². The third-order valence-electron chi connectivity index (χ3n) is 4.97. The summed E-state index contributed by atoms with van der Waals surface area (Å²) in [5.74, 6) is 0.499. The maximum Gasteiger partial charge on any atom is 0.254 e. The van der Waals surface area contributed by atoms with E-state index in [0.717, 1.165) is 24.8 Å². The second kappa shape index (κ2) is 7.31. The Kier molecular flexibility index (Phi) is 4.71. The first-order chi connectivity index (χ1) is 13.1. The summed E-state index contributed by atoms with van der Waals surface area (Å²) in [4.78, 5) is 19.4. The van der Waals surface area contributed by atoms with Crippen LogP contribution >= 0.6 is 0 Å². The summed E-state index contributed by atoms with van der Waals surface area (Å²) < 4.78 is 18.6. The molecule has 5 nitrogen and oxygen atoms in total. The lowest BCUT2D eigenvalue weighted by Gasteiger charge is -2.33. The Hall–Kier alpha value is -3.02. The van der Waals surface area contributed by atoms with Gasteiger partial charge in [-0.05, 0) is 62.1 Å². The van der Waals surface area contributed by atoms with E-state index in [1.807, 2.05) is 36.1 Å². The van der Waals surface area contributed by atoms with Gasteiger partial charge in [0.25, 0.3) is 5.91 Å². The van der Waals surface area contributed by atoms with Crippen LogP contribution in [0.1, 0.15) is 47.1 Å². The van der Waals surface area contributed by atoms with Crippen LogP contribution in [0.2, 0.25) is 0 Å². The van der Waals surface area contributed by atoms with Crippen molar-refractivity contribution in [3.63, 3.8) is 0 Å². The van der Waals surface area contributed by atoms with Crippen LogP contribution in [0.15, 0.2) is 53.1 Å². The number of piperidine rings is 1. The van der Waals surface area contributed by atoms with E-state index in [2.05, 4.69) is 10.1 Å². The van der Waals surface area contributed by atoms with E-state index in [1.165, 1.54) is 12.1 Å². The molecule has 1 amide bonds. The van der Waals surface area contributed by atoms with E-state index in [-0.39, 0.29) is 17.8 Å². The molecule has 2 heterocycles. The topological polar surface area (TPSA) is 59.2 Å². The quantitative estimate of drug-likeness (QED) is 0.683. The van der Waals surface area contributed by atoms with Gasteiger partial charge in [0.2, 0.25) is 11.7 Å². The van der Waals surface area contributed by atoms with Crippen LogP contribution in [0.4, 0.5) is 4.39 Å². The van der Waals surface area contributed by atoms with Crippen LogP contribution in [0.3, 0.4) is 0 Å². The predicted molar refractivity (Wildman–Crippen MR) is 98.5 cm³/mol. The smallest absolute Gasteiger partial charge is 0.254 e. The van der Waals surface area contributed by atoms with Crippen molar-refractivity contribution in [2.75, 3.05) is 6.54 Å². The Labute approximate surface area is 156 Å². The summed E-state index contributed by atoms with van der Waals surface area (Å²) in [5.41, 5.74) is 2.33. The molecule has 27 heavy (non-hydrogen) atoms. The highest BCUT2D eigenvalue weighted by molar-refractivity contribution is 5.95. The largest absolute Gasteiger partial charge is 0.337 e. The average molecular weight is 365 g/mol. The van der Waals surface area contributed by atoms with Crippen LogP contribution in [0.25, 0.3) is 11.4 Å². The molecule has 0 spiro atoms. The Morgan fingerprint density at radius 1 is 1.15 bits per heavy atom. The fourth-order valence-corrected chi connectivity index (χ4v) is 3.49. The van der Waals surface area contributed by atoms with E-state index < -0.39 is 0 Å². The zero-order chi connectivity index (χ0) is 18.8. The van der Waals surface area contributed by atoms with Gasteiger partial charge in [0.1, 0.15) is 11.9 Å². The molecule has 0 radical (unpaired) electrons. The van der Waals surface area contributed by atoms with Gasteiger partial charge in [-0.15, -0.1) is 0 Å². The molecule has 0 saturated carbocycles. The van der Waals surface area contributed by atoms with E-state index >= 15 is 0 Å². The highest BCUT2D eigenvalue weighted by Gasteiger charge is 2.33. The zero-order valence-electron chi connectivity index (χ0n) is 15.1. The van der Waals surface area contributed by atoms with Gasteiger partial charge in [-0.25, -0.2) is 4.39 Å². The van der Waals surface area contributed by atoms with Gasteiger partial charge in [0.05, 0.1) is 0 Å². The summed E-state index contributed by atoms with van der Waals surface area (Å²) in [5, 5.41) is 4.03. The standard InChI is InChI=1S/C21H20FN3O2/c1-14-6-2-3-7-17(14)21(26)25-13-5-4-8-18(25)20-23-19(24-27-20)15-9-11-16(22)12-10-15/h2-3,6-7,9-12,18H,4-5,8,13H2,1H3. The predicted octanol–water partition coefficient (Wildman–Crippen LogP) is 4.55. The molecule has 1 aliphatic rings. The van der Waals surface area contributed by atoms with Crippen molar-refractivity contribution in [1.29, 1.82) is 0 Å². The molecule has 4 rings (SSSR count). The maximum atomic E-state index is 13.1. The minimum absolute atomic E-state index is 0.0145. The Balaban J connectivity index is 1.62. The van der Waals surface area contributed by atoms with Gasteiger partial charge in [-0.3, -0.25) is 4.79 Å². The molecule has 1 saturated heterocycles. The molecule has 0 aliphatic carbocycles. The van der Waals surface area contributed by atoms with Gasteiger partial charge in [-0.1, -0.05) is 23.4 Å². The number of carbonyl (C=O) groups excluding carboxylic acids is 1. The SMILES string of the molecule is Cc1ccccc1C(=O)N1CCCCC1c1nc(-c2ccc(F)cc2)no1. The number of hydrogen-bond acceptors (Lipinski definition) is 4. The van der Waals surface area contributed by atoms with E-state index in [1.54, 1.807) is 12.1 Å². The first kappa shape index (κ1) is 17.4. The van der Waals surface area contributed by atoms with Crippen molar-refractivity contribution >= 4 is 5.91 Å². The molecule has 1 aromatic heterocycles. The average Bonchev–Trinajstić information content (AvgIpc) is 3.18. The summed E-state index contributed by atoms with van der Waals surface area (Å²) in [6.45, 7) is 2.59. The van der Waals surface area contributed by atoms with Gasteiger partial charge >= 0.3 is 0 Å². The fourth-order valence-electron chi connectivity index (χ4n) is 3.49. The fraction of sp³-hybridized carbons (Fsp3) is 0.286. The number of benzene rings is 2. The number of halogens is 1. The van der Waals surface area contributed by atoms with Crippen LogP contribution in [-0.4, -0.2) is 27.5 Å². The highest BCUT2D eigenvalue weighted by atomic mass is 19.1. The maximum absolute atomic E-state index is 13.1. The molecule has 1 atom stereocenters. The van der Waals surface area contributed by atoms with Crippen molar-refractivity contribution in [3.8, 4) is 11.4 Å². The molecule has 0 bridgehead atoms. The number of nitrogens with zero attached hydrogens (tertiary/aromatic N) is 3. The van der Waals surface area contributed by atoms with Crippen molar-refractivity contribution in [2.45, 2.75) is 32.2 Å².